The molecule has 0 fully saturated rings. The van der Waals surface area contributed by atoms with Crippen LogP contribution in [0.1, 0.15) is 30.6 Å². The molecular weight excluding hydrogens is 242 g/mol. The van der Waals surface area contributed by atoms with Gasteiger partial charge in [0, 0.05) is 6.54 Å². The van der Waals surface area contributed by atoms with Gasteiger partial charge in [-0.15, -0.1) is 0 Å². The Balaban J connectivity index is 2.20. The third-order valence-corrected chi connectivity index (χ3v) is 2.74. The summed E-state index contributed by atoms with van der Waals surface area (Å²) in [6.07, 6.45) is 1.13. The first-order chi connectivity index (χ1) is 9.13. The van der Waals surface area contributed by atoms with Crippen molar-refractivity contribution in [3.05, 3.63) is 29.8 Å². The molecule has 0 unspecified atom stereocenters. The van der Waals surface area contributed by atoms with Crippen LogP contribution in [0.2, 0.25) is 0 Å². The summed E-state index contributed by atoms with van der Waals surface area (Å²) >= 11 is 0. The Labute approximate surface area is 115 Å². The zero-order chi connectivity index (χ0) is 14.1. The normalized spacial score (nSPS) is 10.5. The van der Waals surface area contributed by atoms with Gasteiger partial charge >= 0.3 is 5.97 Å². The van der Waals surface area contributed by atoms with Gasteiger partial charge in [0.25, 0.3) is 0 Å². The predicted octanol–water partition coefficient (Wildman–Crippen LogP) is 2.49. The highest BCUT2D eigenvalue weighted by molar-refractivity contribution is 5.89. The minimum Gasteiger partial charge on any atom is -0.497 e. The Morgan fingerprint density at radius 1 is 1.21 bits per heavy atom. The lowest BCUT2D eigenvalue weighted by Gasteiger charge is -2.08. The van der Waals surface area contributed by atoms with Crippen LogP contribution in [0.15, 0.2) is 24.3 Å². The largest absolute Gasteiger partial charge is 0.497 e. The van der Waals surface area contributed by atoms with E-state index >= 15 is 0 Å². The maximum Gasteiger partial charge on any atom is 0.338 e. The van der Waals surface area contributed by atoms with E-state index in [1.165, 1.54) is 0 Å². The van der Waals surface area contributed by atoms with E-state index in [0.717, 1.165) is 18.7 Å². The molecule has 0 aromatic heterocycles. The lowest BCUT2D eigenvalue weighted by Crippen LogP contribution is -2.23. The van der Waals surface area contributed by atoms with E-state index in [2.05, 4.69) is 19.2 Å². The molecule has 0 heterocycles. The molecule has 0 atom stereocenters. The molecule has 0 radical (unpaired) electrons. The Bertz CT molecular complexity index is 373. The molecule has 4 nitrogen and oxygen atoms in total. The SMILES string of the molecule is COc1ccc(C(=O)OCCNCCC(C)C)cc1. The number of hydrogen-bond acceptors (Lipinski definition) is 4. The quantitative estimate of drug-likeness (QED) is 0.579. The summed E-state index contributed by atoms with van der Waals surface area (Å²) < 4.78 is 10.2. The Kier molecular flexibility index (Phi) is 6.97. The van der Waals surface area contributed by atoms with E-state index in [1.54, 1.807) is 31.4 Å². The van der Waals surface area contributed by atoms with Crippen molar-refractivity contribution < 1.29 is 14.3 Å². The van der Waals surface area contributed by atoms with Crippen molar-refractivity contribution in [1.29, 1.82) is 0 Å². The lowest BCUT2D eigenvalue weighted by molar-refractivity contribution is 0.0508. The van der Waals surface area contributed by atoms with Gasteiger partial charge in [-0.25, -0.2) is 4.79 Å². The van der Waals surface area contributed by atoms with Crippen LogP contribution in [-0.4, -0.2) is 32.8 Å². The van der Waals surface area contributed by atoms with E-state index in [-0.39, 0.29) is 5.97 Å². The second-order valence-corrected chi connectivity index (χ2v) is 4.80. The monoisotopic (exact) mass is 265 g/mol. The van der Waals surface area contributed by atoms with Gasteiger partial charge in [0.1, 0.15) is 12.4 Å². The molecule has 0 saturated carbocycles. The minimum absolute atomic E-state index is 0.298. The minimum atomic E-state index is -0.298. The van der Waals surface area contributed by atoms with Crippen LogP contribution in [0.25, 0.3) is 0 Å². The summed E-state index contributed by atoms with van der Waals surface area (Å²) in [7, 11) is 1.59. The maximum absolute atomic E-state index is 11.7. The van der Waals surface area contributed by atoms with E-state index in [9.17, 15) is 4.79 Å². The van der Waals surface area contributed by atoms with E-state index in [0.29, 0.717) is 24.6 Å². The van der Waals surface area contributed by atoms with Crippen molar-refractivity contribution in [2.75, 3.05) is 26.8 Å². The van der Waals surface area contributed by atoms with Crippen molar-refractivity contribution in [2.24, 2.45) is 5.92 Å². The number of carbonyl (C=O) groups is 1. The van der Waals surface area contributed by atoms with Crippen molar-refractivity contribution >= 4 is 5.97 Å². The topological polar surface area (TPSA) is 47.6 Å². The second kappa shape index (κ2) is 8.53. The zero-order valence-corrected chi connectivity index (χ0v) is 11.9. The molecule has 1 N–H and O–H groups in total. The Morgan fingerprint density at radius 2 is 1.89 bits per heavy atom. The van der Waals surface area contributed by atoms with Crippen LogP contribution in [-0.2, 0) is 4.74 Å². The summed E-state index contributed by atoms with van der Waals surface area (Å²) in [6, 6.07) is 6.90. The molecule has 0 aliphatic carbocycles. The molecule has 1 aromatic carbocycles. The molecule has 19 heavy (non-hydrogen) atoms. The van der Waals surface area contributed by atoms with Gasteiger partial charge in [-0.05, 0) is 43.1 Å². The predicted molar refractivity (Wildman–Crippen MR) is 75.6 cm³/mol. The molecule has 0 aliphatic rings. The number of benzene rings is 1. The highest BCUT2D eigenvalue weighted by atomic mass is 16.5. The zero-order valence-electron chi connectivity index (χ0n) is 11.9. The van der Waals surface area contributed by atoms with Crippen molar-refractivity contribution in [3.8, 4) is 5.75 Å². The molecule has 0 bridgehead atoms. The summed E-state index contributed by atoms with van der Waals surface area (Å²) in [5.74, 6) is 1.12. The smallest absolute Gasteiger partial charge is 0.338 e. The second-order valence-electron chi connectivity index (χ2n) is 4.80. The molecule has 4 heteroatoms. The maximum atomic E-state index is 11.7. The fourth-order valence-corrected chi connectivity index (χ4v) is 1.54. The summed E-state index contributed by atoms with van der Waals surface area (Å²) in [4.78, 5) is 11.7. The van der Waals surface area contributed by atoms with E-state index < -0.39 is 0 Å². The van der Waals surface area contributed by atoms with E-state index in [1.807, 2.05) is 0 Å². The fraction of sp³-hybridized carbons (Fsp3) is 0.533. The van der Waals surface area contributed by atoms with Crippen LogP contribution in [0, 0.1) is 5.92 Å². The molecule has 106 valence electrons. The van der Waals surface area contributed by atoms with Crippen molar-refractivity contribution in [2.45, 2.75) is 20.3 Å². The molecule has 1 rings (SSSR count). The van der Waals surface area contributed by atoms with Crippen LogP contribution in [0.4, 0.5) is 0 Å². The van der Waals surface area contributed by atoms with Gasteiger partial charge < -0.3 is 14.8 Å². The van der Waals surface area contributed by atoms with Gasteiger partial charge in [-0.2, -0.15) is 0 Å². The molecule has 1 aromatic rings. The molecule has 0 aliphatic heterocycles. The first-order valence-corrected chi connectivity index (χ1v) is 6.65. The van der Waals surface area contributed by atoms with Gasteiger partial charge in [0.15, 0.2) is 0 Å². The molecule has 0 spiro atoms. The van der Waals surface area contributed by atoms with Crippen molar-refractivity contribution in [1.82, 2.24) is 5.32 Å². The summed E-state index contributed by atoms with van der Waals surface area (Å²) in [5, 5.41) is 3.24. The van der Waals surface area contributed by atoms with Gasteiger partial charge in [0.2, 0.25) is 0 Å². The van der Waals surface area contributed by atoms with Crippen LogP contribution in [0.5, 0.6) is 5.75 Å². The molecule has 0 saturated heterocycles. The van der Waals surface area contributed by atoms with Crippen LogP contribution >= 0.6 is 0 Å². The first kappa shape index (κ1) is 15.5. The van der Waals surface area contributed by atoms with Gasteiger partial charge in [0.05, 0.1) is 12.7 Å². The number of ether oxygens (including phenoxy) is 2. The van der Waals surface area contributed by atoms with Gasteiger partial charge in [-0.3, -0.25) is 0 Å². The number of hydrogen-bond donors (Lipinski definition) is 1. The third-order valence-electron chi connectivity index (χ3n) is 2.74. The summed E-state index contributed by atoms with van der Waals surface area (Å²) in [6.45, 7) is 6.41. The van der Waals surface area contributed by atoms with Crippen LogP contribution < -0.4 is 10.1 Å². The lowest BCUT2D eigenvalue weighted by atomic mass is 10.1. The summed E-state index contributed by atoms with van der Waals surface area (Å²) in [5.41, 5.74) is 0.544. The van der Waals surface area contributed by atoms with Crippen molar-refractivity contribution in [3.63, 3.8) is 0 Å². The van der Waals surface area contributed by atoms with Crippen LogP contribution in [0.3, 0.4) is 0 Å². The van der Waals surface area contributed by atoms with Gasteiger partial charge in [-0.1, -0.05) is 13.8 Å². The number of nitrogens with one attached hydrogen (secondary N) is 1. The number of carbonyl (C=O) groups excluding carboxylic acids is 1. The average molecular weight is 265 g/mol. The standard InChI is InChI=1S/C15H23NO3/c1-12(2)8-9-16-10-11-19-15(17)13-4-6-14(18-3)7-5-13/h4-7,12,16H,8-11H2,1-3H3. The third kappa shape index (κ3) is 6.25. The average Bonchev–Trinajstić information content (AvgIpc) is 2.42. The Morgan fingerprint density at radius 3 is 2.47 bits per heavy atom. The molecule has 0 amide bonds. The highest BCUT2D eigenvalue weighted by Gasteiger charge is 2.06. The number of methoxy groups -OCH3 is 1. The fourth-order valence-electron chi connectivity index (χ4n) is 1.54. The Hall–Kier alpha value is -1.55. The number of esters is 1. The number of rotatable bonds is 8. The highest BCUT2D eigenvalue weighted by Crippen LogP contribution is 2.11. The first-order valence-electron chi connectivity index (χ1n) is 6.65. The molecular formula is C15H23NO3. The van der Waals surface area contributed by atoms with E-state index in [4.69, 9.17) is 9.47 Å².